The number of thioether (sulfide) groups is 1. The number of piperidine rings is 1. The smallest absolute Gasteiger partial charge is 0.264 e. The second-order valence-electron chi connectivity index (χ2n) is 6.38. The van der Waals surface area contributed by atoms with Crippen LogP contribution >= 0.6 is 11.8 Å². The topological polar surface area (TPSA) is 32.7 Å². The number of carbonyl (C=O) groups excluding carboxylic acids is 1. The summed E-state index contributed by atoms with van der Waals surface area (Å²) in [6, 6.07) is 1.26. The van der Waals surface area contributed by atoms with Crippen molar-refractivity contribution >= 4 is 22.8 Å². The van der Waals surface area contributed by atoms with E-state index < -0.39 is 0 Å². The van der Waals surface area contributed by atoms with Crippen LogP contribution in [0.4, 0.5) is 0 Å². The number of hydrogen-bond donors (Lipinski definition) is 0. The highest BCUT2D eigenvalue weighted by molar-refractivity contribution is 8.16. The van der Waals surface area contributed by atoms with Crippen LogP contribution in [-0.2, 0) is 4.79 Å². The van der Waals surface area contributed by atoms with Crippen molar-refractivity contribution in [2.45, 2.75) is 68.7 Å². The van der Waals surface area contributed by atoms with Crippen LogP contribution < -0.4 is 0 Å². The molecule has 98 valence electrons. The first kappa shape index (κ1) is 11.3. The number of fused-ring (bicyclic) bond motifs is 2. The molecule has 4 heteroatoms. The van der Waals surface area contributed by atoms with Gasteiger partial charge in [-0.3, -0.25) is 4.79 Å². The van der Waals surface area contributed by atoms with Crippen molar-refractivity contribution in [2.24, 2.45) is 10.9 Å². The van der Waals surface area contributed by atoms with Crippen LogP contribution in [0.25, 0.3) is 0 Å². The summed E-state index contributed by atoms with van der Waals surface area (Å²) in [5.41, 5.74) is 0. The largest absolute Gasteiger partial charge is 0.345 e. The number of amides is 1. The van der Waals surface area contributed by atoms with E-state index in [4.69, 9.17) is 0 Å². The Morgan fingerprint density at radius 2 is 2.11 bits per heavy atom. The average molecular weight is 264 g/mol. The third-order valence-electron chi connectivity index (χ3n) is 5.47. The van der Waals surface area contributed by atoms with Crippen LogP contribution in [0.15, 0.2) is 4.99 Å². The standard InChI is InChI=1S/C14H20N2OS/c1-9-10-4-5-11(8-10)16(9)13-15-12(17)14(18-13)6-2-3-7-14/h9-11H,2-8H2,1H3/t9-,10-,11+/m1/s1. The van der Waals surface area contributed by atoms with Gasteiger partial charge < -0.3 is 4.90 Å². The van der Waals surface area contributed by atoms with Crippen molar-refractivity contribution in [3.05, 3.63) is 0 Å². The fourth-order valence-corrected chi connectivity index (χ4v) is 5.90. The van der Waals surface area contributed by atoms with Gasteiger partial charge in [0.15, 0.2) is 5.17 Å². The maximum atomic E-state index is 12.2. The predicted octanol–water partition coefficient (Wildman–Crippen LogP) is 2.80. The minimum Gasteiger partial charge on any atom is -0.345 e. The summed E-state index contributed by atoms with van der Waals surface area (Å²) in [5, 5.41) is 1.06. The Balaban J connectivity index is 1.60. The van der Waals surface area contributed by atoms with Gasteiger partial charge in [-0.2, -0.15) is 4.99 Å². The van der Waals surface area contributed by atoms with Gasteiger partial charge >= 0.3 is 0 Å². The van der Waals surface area contributed by atoms with E-state index in [1.807, 2.05) is 0 Å². The van der Waals surface area contributed by atoms with Gasteiger partial charge in [0.05, 0.1) is 0 Å². The zero-order valence-corrected chi connectivity index (χ0v) is 11.7. The molecule has 1 amide bonds. The summed E-state index contributed by atoms with van der Waals surface area (Å²) >= 11 is 1.80. The monoisotopic (exact) mass is 264 g/mol. The van der Waals surface area contributed by atoms with Crippen molar-refractivity contribution in [3.8, 4) is 0 Å². The molecule has 2 aliphatic carbocycles. The molecule has 0 N–H and O–H groups in total. The summed E-state index contributed by atoms with van der Waals surface area (Å²) in [6.45, 7) is 2.32. The lowest BCUT2D eigenvalue weighted by molar-refractivity contribution is -0.119. The molecule has 2 heterocycles. The molecule has 0 aromatic heterocycles. The van der Waals surface area contributed by atoms with Crippen LogP contribution in [0, 0.1) is 5.92 Å². The van der Waals surface area contributed by atoms with E-state index in [1.54, 1.807) is 11.8 Å². The van der Waals surface area contributed by atoms with Crippen LogP contribution in [0.3, 0.4) is 0 Å². The van der Waals surface area contributed by atoms with Crippen LogP contribution in [0.1, 0.15) is 51.9 Å². The number of nitrogens with zero attached hydrogens (tertiary/aromatic N) is 2. The fraction of sp³-hybridized carbons (Fsp3) is 0.857. The Morgan fingerprint density at radius 1 is 1.33 bits per heavy atom. The molecule has 2 saturated carbocycles. The van der Waals surface area contributed by atoms with E-state index in [2.05, 4.69) is 16.8 Å². The number of rotatable bonds is 0. The molecule has 3 atom stereocenters. The molecule has 4 aliphatic rings. The van der Waals surface area contributed by atoms with Crippen molar-refractivity contribution in [1.29, 1.82) is 0 Å². The molecule has 0 aromatic carbocycles. The van der Waals surface area contributed by atoms with E-state index in [9.17, 15) is 4.79 Å². The summed E-state index contributed by atoms with van der Waals surface area (Å²) in [5.74, 6) is 1.00. The molecule has 1 spiro atoms. The second kappa shape index (κ2) is 3.75. The lowest BCUT2D eigenvalue weighted by Crippen LogP contribution is -2.42. The summed E-state index contributed by atoms with van der Waals surface area (Å²) in [7, 11) is 0. The van der Waals surface area contributed by atoms with Crippen molar-refractivity contribution < 1.29 is 4.79 Å². The Labute approximate surface area is 112 Å². The maximum Gasteiger partial charge on any atom is 0.264 e. The van der Waals surface area contributed by atoms with E-state index in [0.717, 1.165) is 23.9 Å². The van der Waals surface area contributed by atoms with E-state index in [1.165, 1.54) is 32.1 Å². The SMILES string of the molecule is C[C@@H]1[C@@H]2CC[C@@H](C2)N1C1=NC(=O)C2(CCCC2)S1. The van der Waals surface area contributed by atoms with Gasteiger partial charge in [-0.1, -0.05) is 24.6 Å². The molecule has 18 heavy (non-hydrogen) atoms. The highest BCUT2D eigenvalue weighted by Gasteiger charge is 2.52. The molecule has 2 aliphatic heterocycles. The normalized spacial score (nSPS) is 41.2. The minimum absolute atomic E-state index is 0.156. The molecule has 2 bridgehead atoms. The van der Waals surface area contributed by atoms with Crippen LogP contribution in [0.2, 0.25) is 0 Å². The average Bonchev–Trinajstić information content (AvgIpc) is 3.06. The van der Waals surface area contributed by atoms with Gasteiger partial charge in [0.2, 0.25) is 0 Å². The summed E-state index contributed by atoms with van der Waals surface area (Å²) < 4.78 is -0.156. The van der Waals surface area contributed by atoms with Gasteiger partial charge in [0.1, 0.15) is 4.75 Å². The highest BCUT2D eigenvalue weighted by Crippen LogP contribution is 2.51. The highest BCUT2D eigenvalue weighted by atomic mass is 32.2. The Bertz CT molecular complexity index is 426. The lowest BCUT2D eigenvalue weighted by atomic mass is 10.0. The van der Waals surface area contributed by atoms with Crippen LogP contribution in [0.5, 0.6) is 0 Å². The first-order chi connectivity index (χ1) is 8.70. The molecular formula is C14H20N2OS. The molecule has 3 fully saturated rings. The van der Waals surface area contributed by atoms with Gasteiger partial charge in [0, 0.05) is 12.1 Å². The summed E-state index contributed by atoms with van der Waals surface area (Å²) in [4.78, 5) is 19.2. The molecule has 0 aromatic rings. The third-order valence-corrected chi connectivity index (χ3v) is 6.92. The Kier molecular flexibility index (Phi) is 2.36. The molecule has 0 radical (unpaired) electrons. The fourth-order valence-electron chi connectivity index (χ4n) is 4.37. The molecule has 0 unspecified atom stereocenters. The molecule has 1 saturated heterocycles. The van der Waals surface area contributed by atoms with Gasteiger partial charge in [-0.25, -0.2) is 0 Å². The number of likely N-dealkylation sites (tertiary alicyclic amines) is 1. The Hall–Kier alpha value is -0.510. The zero-order chi connectivity index (χ0) is 12.3. The van der Waals surface area contributed by atoms with Crippen molar-refractivity contribution in [3.63, 3.8) is 0 Å². The number of carbonyl (C=O) groups is 1. The molecule has 4 rings (SSSR count). The van der Waals surface area contributed by atoms with E-state index in [0.29, 0.717) is 12.1 Å². The van der Waals surface area contributed by atoms with Gasteiger partial charge in [-0.05, 0) is 44.9 Å². The van der Waals surface area contributed by atoms with E-state index in [-0.39, 0.29) is 10.7 Å². The number of aliphatic imine (C=N–C) groups is 1. The predicted molar refractivity (Wildman–Crippen MR) is 73.7 cm³/mol. The molecular weight excluding hydrogens is 244 g/mol. The van der Waals surface area contributed by atoms with Crippen molar-refractivity contribution in [1.82, 2.24) is 4.90 Å². The first-order valence-corrected chi connectivity index (χ1v) is 8.12. The maximum absolute atomic E-state index is 12.2. The van der Waals surface area contributed by atoms with Crippen molar-refractivity contribution in [2.75, 3.05) is 0 Å². The second-order valence-corrected chi connectivity index (χ2v) is 7.73. The number of hydrogen-bond acceptors (Lipinski definition) is 3. The van der Waals surface area contributed by atoms with Crippen LogP contribution in [-0.4, -0.2) is 32.8 Å². The lowest BCUT2D eigenvalue weighted by Gasteiger charge is -2.34. The van der Waals surface area contributed by atoms with Gasteiger partial charge in [0.25, 0.3) is 5.91 Å². The van der Waals surface area contributed by atoms with E-state index >= 15 is 0 Å². The van der Waals surface area contributed by atoms with Gasteiger partial charge in [-0.15, -0.1) is 0 Å². The quantitative estimate of drug-likeness (QED) is 0.674. The Morgan fingerprint density at radius 3 is 2.78 bits per heavy atom. The summed E-state index contributed by atoms with van der Waals surface area (Å²) in [6.07, 6.45) is 8.48. The first-order valence-electron chi connectivity index (χ1n) is 7.30. The minimum atomic E-state index is -0.156. The third kappa shape index (κ3) is 1.38. The molecule has 3 nitrogen and oxygen atoms in total. The zero-order valence-electron chi connectivity index (χ0n) is 10.9. The number of amidine groups is 1.